The van der Waals surface area contributed by atoms with E-state index < -0.39 is 0 Å². The van der Waals surface area contributed by atoms with Gasteiger partial charge in [-0.25, -0.2) is 0 Å². The summed E-state index contributed by atoms with van der Waals surface area (Å²) in [6, 6.07) is 7.34. The van der Waals surface area contributed by atoms with Crippen LogP contribution >= 0.6 is 0 Å². The average Bonchev–Trinajstić information content (AvgIpc) is 2.39. The molecule has 18 heavy (non-hydrogen) atoms. The van der Waals surface area contributed by atoms with Gasteiger partial charge in [0.2, 0.25) is 0 Å². The van der Waals surface area contributed by atoms with Crippen LogP contribution in [-0.4, -0.2) is 39.4 Å². The zero-order valence-corrected chi connectivity index (χ0v) is 10.8. The second-order valence-electron chi connectivity index (χ2n) is 3.51. The molecule has 100 valence electrons. The van der Waals surface area contributed by atoms with Crippen molar-refractivity contribution in [2.75, 3.05) is 33.4 Å². The van der Waals surface area contributed by atoms with Gasteiger partial charge in [0.15, 0.2) is 0 Å². The van der Waals surface area contributed by atoms with Gasteiger partial charge in [-0.2, -0.15) is 0 Å². The molecule has 0 unspecified atom stereocenters. The molecule has 0 saturated carbocycles. The summed E-state index contributed by atoms with van der Waals surface area (Å²) in [6.45, 7) is 3.48. The van der Waals surface area contributed by atoms with E-state index in [2.05, 4.69) is 5.32 Å². The van der Waals surface area contributed by atoms with Crippen molar-refractivity contribution in [2.24, 2.45) is 0 Å². The second kappa shape index (κ2) is 8.36. The number of rotatable bonds is 8. The summed E-state index contributed by atoms with van der Waals surface area (Å²) < 4.78 is 15.3. The molecule has 0 radical (unpaired) electrons. The predicted octanol–water partition coefficient (Wildman–Crippen LogP) is 1.23. The van der Waals surface area contributed by atoms with Crippen molar-refractivity contribution in [1.82, 2.24) is 5.32 Å². The van der Waals surface area contributed by atoms with Crippen LogP contribution in [0.3, 0.4) is 0 Å². The fraction of sp³-hybridized carbons (Fsp3) is 0.462. The Morgan fingerprint density at radius 2 is 1.89 bits per heavy atom. The normalized spacial score (nSPS) is 9.89. The molecule has 0 aliphatic rings. The highest BCUT2D eigenvalue weighted by atomic mass is 16.5. The highest BCUT2D eigenvalue weighted by Gasteiger charge is 2.00. The van der Waals surface area contributed by atoms with Crippen molar-refractivity contribution in [3.8, 4) is 11.5 Å². The predicted molar refractivity (Wildman–Crippen MR) is 68.0 cm³/mol. The van der Waals surface area contributed by atoms with E-state index >= 15 is 0 Å². The Bertz CT molecular complexity index is 351. The molecule has 0 heterocycles. The van der Waals surface area contributed by atoms with Crippen LogP contribution in [0.15, 0.2) is 24.3 Å². The largest absolute Gasteiger partial charge is 0.497 e. The van der Waals surface area contributed by atoms with Crippen LogP contribution in [-0.2, 0) is 9.53 Å². The van der Waals surface area contributed by atoms with Gasteiger partial charge in [-0.05, 0) is 31.2 Å². The van der Waals surface area contributed by atoms with Crippen LogP contribution in [0, 0.1) is 0 Å². The summed E-state index contributed by atoms with van der Waals surface area (Å²) in [6.07, 6.45) is 0. The maximum Gasteiger partial charge on any atom is 0.319 e. The highest BCUT2D eigenvalue weighted by Crippen LogP contribution is 2.16. The summed E-state index contributed by atoms with van der Waals surface area (Å²) in [5.74, 6) is 1.32. The molecule has 1 rings (SSSR count). The number of ether oxygens (including phenoxy) is 3. The molecule has 0 bridgehead atoms. The minimum absolute atomic E-state index is 0.208. The van der Waals surface area contributed by atoms with Gasteiger partial charge in [0, 0.05) is 6.54 Å². The number of carbonyl (C=O) groups excluding carboxylic acids is 1. The highest BCUT2D eigenvalue weighted by molar-refractivity contribution is 5.71. The first-order valence-corrected chi connectivity index (χ1v) is 5.89. The number of hydrogen-bond acceptors (Lipinski definition) is 5. The number of nitrogens with one attached hydrogen (secondary N) is 1. The molecule has 5 nitrogen and oxygen atoms in total. The Balaban J connectivity index is 2.12. The topological polar surface area (TPSA) is 56.8 Å². The third-order valence-corrected chi connectivity index (χ3v) is 2.18. The summed E-state index contributed by atoms with van der Waals surface area (Å²) in [5, 5.41) is 2.94. The van der Waals surface area contributed by atoms with Crippen LogP contribution in [0.4, 0.5) is 0 Å². The van der Waals surface area contributed by atoms with E-state index in [9.17, 15) is 4.79 Å². The summed E-state index contributed by atoms with van der Waals surface area (Å²) >= 11 is 0. The molecule has 0 aromatic heterocycles. The van der Waals surface area contributed by atoms with E-state index in [1.807, 2.05) is 24.3 Å². The average molecular weight is 253 g/mol. The Morgan fingerprint density at radius 3 is 2.50 bits per heavy atom. The van der Waals surface area contributed by atoms with E-state index in [-0.39, 0.29) is 12.5 Å². The van der Waals surface area contributed by atoms with Gasteiger partial charge in [0.05, 0.1) is 20.3 Å². The number of methoxy groups -OCH3 is 1. The monoisotopic (exact) mass is 253 g/mol. The van der Waals surface area contributed by atoms with E-state index in [0.717, 1.165) is 11.5 Å². The molecule has 0 amide bonds. The van der Waals surface area contributed by atoms with Crippen molar-refractivity contribution < 1.29 is 19.0 Å². The zero-order valence-electron chi connectivity index (χ0n) is 10.8. The lowest BCUT2D eigenvalue weighted by molar-refractivity contribution is -0.142. The van der Waals surface area contributed by atoms with Crippen LogP contribution in [0.2, 0.25) is 0 Å². The number of carbonyl (C=O) groups is 1. The molecule has 5 heteroatoms. The fourth-order valence-electron chi connectivity index (χ4n) is 1.32. The molecule has 0 atom stereocenters. The lowest BCUT2D eigenvalue weighted by atomic mass is 10.3. The first kappa shape index (κ1) is 14.3. The van der Waals surface area contributed by atoms with Crippen LogP contribution in [0.5, 0.6) is 11.5 Å². The maximum atomic E-state index is 11.0. The molecule has 0 spiro atoms. The molecule has 0 fully saturated rings. The molecular formula is C13H19NO4. The quantitative estimate of drug-likeness (QED) is 0.558. The third-order valence-electron chi connectivity index (χ3n) is 2.18. The zero-order chi connectivity index (χ0) is 13.2. The van der Waals surface area contributed by atoms with Crippen molar-refractivity contribution in [1.29, 1.82) is 0 Å². The first-order chi connectivity index (χ1) is 8.76. The molecular weight excluding hydrogens is 234 g/mol. The van der Waals surface area contributed by atoms with Crippen molar-refractivity contribution in [2.45, 2.75) is 6.92 Å². The Hall–Kier alpha value is -1.75. The third kappa shape index (κ3) is 5.54. The van der Waals surface area contributed by atoms with E-state index in [1.54, 1.807) is 14.0 Å². The Morgan fingerprint density at radius 1 is 1.22 bits per heavy atom. The van der Waals surface area contributed by atoms with Crippen LogP contribution in [0.25, 0.3) is 0 Å². The van der Waals surface area contributed by atoms with Gasteiger partial charge in [0.1, 0.15) is 18.1 Å². The lowest BCUT2D eigenvalue weighted by Gasteiger charge is -2.08. The van der Waals surface area contributed by atoms with Crippen LogP contribution in [0.1, 0.15) is 6.92 Å². The van der Waals surface area contributed by atoms with E-state index in [1.165, 1.54) is 0 Å². The maximum absolute atomic E-state index is 11.0. The molecule has 1 N–H and O–H groups in total. The van der Waals surface area contributed by atoms with Crippen LogP contribution < -0.4 is 14.8 Å². The van der Waals surface area contributed by atoms with Crippen molar-refractivity contribution in [3.05, 3.63) is 24.3 Å². The summed E-state index contributed by atoms with van der Waals surface area (Å²) in [7, 11) is 1.62. The van der Waals surface area contributed by atoms with Crippen molar-refractivity contribution in [3.63, 3.8) is 0 Å². The van der Waals surface area contributed by atoms with E-state index in [4.69, 9.17) is 14.2 Å². The molecule has 1 aromatic carbocycles. The summed E-state index contributed by atoms with van der Waals surface area (Å²) in [4.78, 5) is 11.0. The Kier molecular flexibility index (Phi) is 6.64. The number of hydrogen-bond donors (Lipinski definition) is 1. The smallest absolute Gasteiger partial charge is 0.319 e. The molecule has 0 saturated heterocycles. The van der Waals surface area contributed by atoms with Gasteiger partial charge >= 0.3 is 5.97 Å². The minimum Gasteiger partial charge on any atom is -0.497 e. The first-order valence-electron chi connectivity index (χ1n) is 5.89. The molecule has 1 aromatic rings. The SMILES string of the molecule is CCOC(=O)CNCCOc1ccc(OC)cc1. The van der Waals surface area contributed by atoms with E-state index in [0.29, 0.717) is 19.8 Å². The standard InChI is InChI=1S/C13H19NO4/c1-3-17-13(15)10-14-8-9-18-12-6-4-11(16-2)5-7-12/h4-7,14H,3,8-10H2,1-2H3. The number of benzene rings is 1. The minimum atomic E-state index is -0.248. The second-order valence-corrected chi connectivity index (χ2v) is 3.51. The number of esters is 1. The van der Waals surface area contributed by atoms with Gasteiger partial charge in [-0.3, -0.25) is 4.79 Å². The van der Waals surface area contributed by atoms with Gasteiger partial charge in [-0.1, -0.05) is 0 Å². The summed E-state index contributed by atoms with van der Waals surface area (Å²) in [5.41, 5.74) is 0. The van der Waals surface area contributed by atoms with Gasteiger partial charge in [-0.15, -0.1) is 0 Å². The van der Waals surface area contributed by atoms with Gasteiger partial charge in [0.25, 0.3) is 0 Å². The van der Waals surface area contributed by atoms with Gasteiger partial charge < -0.3 is 19.5 Å². The lowest BCUT2D eigenvalue weighted by Crippen LogP contribution is -2.28. The fourth-order valence-corrected chi connectivity index (χ4v) is 1.32. The molecule has 0 aliphatic carbocycles. The molecule has 0 aliphatic heterocycles. The van der Waals surface area contributed by atoms with Crippen molar-refractivity contribution >= 4 is 5.97 Å². The Labute approximate surface area is 107 Å².